The van der Waals surface area contributed by atoms with Gasteiger partial charge < -0.3 is 19.7 Å². The van der Waals surface area contributed by atoms with Crippen LogP contribution in [0, 0.1) is 5.41 Å². The number of hydrogen-bond donors (Lipinski definition) is 1. The van der Waals surface area contributed by atoms with Crippen LogP contribution in [0.2, 0.25) is 0 Å². The molecule has 0 aliphatic carbocycles. The molecule has 0 aromatic carbocycles. The third-order valence-electron chi connectivity index (χ3n) is 2.96. The van der Waals surface area contributed by atoms with Gasteiger partial charge in [0.2, 0.25) is 5.91 Å². The first-order valence-electron chi connectivity index (χ1n) is 6.44. The number of aldehydes is 1. The molecule has 2 amide bonds. The zero-order valence-corrected chi connectivity index (χ0v) is 11.9. The lowest BCUT2D eigenvalue weighted by atomic mass is 9.91. The molecule has 1 heterocycles. The van der Waals surface area contributed by atoms with Crippen molar-refractivity contribution >= 4 is 18.3 Å². The van der Waals surface area contributed by atoms with Gasteiger partial charge in [-0.2, -0.15) is 0 Å². The van der Waals surface area contributed by atoms with Gasteiger partial charge in [-0.05, 0) is 25.7 Å². The minimum Gasteiger partial charge on any atom is -0.447 e. The molecule has 6 heteroatoms. The van der Waals surface area contributed by atoms with Crippen LogP contribution in [0.4, 0.5) is 4.79 Å². The van der Waals surface area contributed by atoms with Crippen LogP contribution < -0.4 is 5.32 Å². The molecule has 0 aromatic heterocycles. The average Bonchev–Trinajstić information content (AvgIpc) is 2.60. The number of rotatable bonds is 4. The molecule has 1 N–H and O–H groups in total. The highest BCUT2D eigenvalue weighted by Gasteiger charge is 2.39. The van der Waals surface area contributed by atoms with Crippen molar-refractivity contribution in [1.29, 1.82) is 0 Å². The smallest absolute Gasteiger partial charge is 0.407 e. The van der Waals surface area contributed by atoms with Crippen molar-refractivity contribution < 1.29 is 19.1 Å². The molecule has 1 atom stereocenters. The van der Waals surface area contributed by atoms with E-state index in [9.17, 15) is 14.4 Å². The van der Waals surface area contributed by atoms with Gasteiger partial charge in [-0.15, -0.1) is 0 Å². The molecular formula is C13H22N2O4. The minimum atomic E-state index is -0.621. The summed E-state index contributed by atoms with van der Waals surface area (Å²) in [6.45, 7) is 7.86. The maximum atomic E-state index is 12.0. The predicted octanol–water partition coefficient (Wildman–Crippen LogP) is 0.947. The summed E-state index contributed by atoms with van der Waals surface area (Å²) in [7, 11) is 0. The summed E-state index contributed by atoms with van der Waals surface area (Å²) < 4.78 is 4.87. The Hall–Kier alpha value is -1.59. The highest BCUT2D eigenvalue weighted by Crippen LogP contribution is 2.32. The summed E-state index contributed by atoms with van der Waals surface area (Å²) in [6, 6.07) is -0.398. The van der Waals surface area contributed by atoms with Crippen LogP contribution in [0.1, 0.15) is 34.1 Å². The Morgan fingerprint density at radius 3 is 2.63 bits per heavy atom. The second kappa shape index (κ2) is 6.04. The van der Waals surface area contributed by atoms with Crippen LogP contribution in [-0.2, 0) is 14.3 Å². The van der Waals surface area contributed by atoms with Crippen molar-refractivity contribution in [3.8, 4) is 0 Å². The second-order valence-corrected chi connectivity index (χ2v) is 5.90. The van der Waals surface area contributed by atoms with Crippen molar-refractivity contribution in [2.45, 2.75) is 46.3 Å². The van der Waals surface area contributed by atoms with Gasteiger partial charge in [0, 0.05) is 6.54 Å². The number of alkyl carbamates (subject to hydrolysis) is 1. The number of carbonyl (C=O) groups excluding carboxylic acids is 3. The fraction of sp³-hybridized carbons (Fsp3) is 0.769. The molecule has 1 aliphatic heterocycles. The molecule has 108 valence electrons. The number of ether oxygens (including phenoxy) is 1. The number of carbonyl (C=O) groups is 3. The lowest BCUT2D eigenvalue weighted by molar-refractivity contribution is -0.133. The van der Waals surface area contributed by atoms with Crippen LogP contribution in [0.15, 0.2) is 0 Å². The Morgan fingerprint density at radius 1 is 1.47 bits per heavy atom. The van der Waals surface area contributed by atoms with Crippen molar-refractivity contribution in [2.24, 2.45) is 5.41 Å². The molecule has 6 nitrogen and oxygen atoms in total. The first-order chi connectivity index (χ1) is 8.75. The summed E-state index contributed by atoms with van der Waals surface area (Å²) in [5.41, 5.74) is -0.0698. The van der Waals surface area contributed by atoms with Gasteiger partial charge in [-0.25, -0.2) is 4.79 Å². The average molecular weight is 270 g/mol. The molecule has 19 heavy (non-hydrogen) atoms. The molecule has 0 unspecified atom stereocenters. The fourth-order valence-electron chi connectivity index (χ4n) is 2.22. The van der Waals surface area contributed by atoms with Gasteiger partial charge in [0.05, 0.1) is 12.1 Å². The van der Waals surface area contributed by atoms with E-state index in [2.05, 4.69) is 5.32 Å². The molecular weight excluding hydrogens is 248 g/mol. The fourth-order valence-corrected chi connectivity index (χ4v) is 2.22. The molecule has 0 spiro atoms. The summed E-state index contributed by atoms with van der Waals surface area (Å²) in [5.74, 6) is -0.261. The van der Waals surface area contributed by atoms with E-state index in [0.717, 1.165) is 6.29 Å². The lowest BCUT2D eigenvalue weighted by Crippen LogP contribution is -2.44. The topological polar surface area (TPSA) is 75.7 Å². The number of likely N-dealkylation sites (tertiary alicyclic amines) is 1. The Balaban J connectivity index is 2.49. The van der Waals surface area contributed by atoms with Gasteiger partial charge in [-0.3, -0.25) is 4.79 Å². The van der Waals surface area contributed by atoms with E-state index in [0.29, 0.717) is 13.0 Å². The predicted molar refractivity (Wildman–Crippen MR) is 69.6 cm³/mol. The van der Waals surface area contributed by atoms with Crippen LogP contribution in [-0.4, -0.2) is 48.4 Å². The van der Waals surface area contributed by atoms with Crippen molar-refractivity contribution in [1.82, 2.24) is 10.2 Å². The molecule has 1 fully saturated rings. The maximum Gasteiger partial charge on any atom is 0.407 e. The number of hydrogen-bond acceptors (Lipinski definition) is 4. The highest BCUT2D eigenvalue weighted by molar-refractivity contribution is 5.85. The quantitative estimate of drug-likeness (QED) is 0.772. The number of nitrogens with zero attached hydrogens (tertiary/aromatic N) is 1. The van der Waals surface area contributed by atoms with E-state index in [-0.39, 0.29) is 24.0 Å². The molecule has 1 saturated heterocycles. The van der Waals surface area contributed by atoms with Crippen molar-refractivity contribution in [3.05, 3.63) is 0 Å². The Kier molecular flexibility index (Phi) is 4.91. The lowest BCUT2D eigenvalue weighted by Gasteiger charge is -2.22. The first kappa shape index (κ1) is 15.5. The van der Waals surface area contributed by atoms with Crippen LogP contribution in [0.25, 0.3) is 0 Å². The van der Waals surface area contributed by atoms with Crippen LogP contribution in [0.3, 0.4) is 0 Å². The monoisotopic (exact) mass is 270 g/mol. The molecule has 0 bridgehead atoms. The third kappa shape index (κ3) is 4.54. The van der Waals surface area contributed by atoms with Gasteiger partial charge >= 0.3 is 6.09 Å². The Morgan fingerprint density at radius 2 is 2.11 bits per heavy atom. The number of amides is 2. The number of nitrogens with one attached hydrogen (secondary N) is 1. The summed E-state index contributed by atoms with van der Waals surface area (Å²) >= 11 is 0. The molecule has 0 radical (unpaired) electrons. The summed E-state index contributed by atoms with van der Waals surface area (Å²) in [6.07, 6.45) is 0.589. The van der Waals surface area contributed by atoms with E-state index < -0.39 is 12.1 Å². The maximum absolute atomic E-state index is 12.0. The largest absolute Gasteiger partial charge is 0.447 e. The van der Waals surface area contributed by atoms with Gasteiger partial charge in [-0.1, -0.05) is 13.8 Å². The van der Waals surface area contributed by atoms with Crippen molar-refractivity contribution in [2.75, 3.05) is 13.1 Å². The van der Waals surface area contributed by atoms with Crippen LogP contribution in [0.5, 0.6) is 0 Å². The van der Waals surface area contributed by atoms with E-state index in [1.807, 2.05) is 13.8 Å². The van der Waals surface area contributed by atoms with E-state index in [4.69, 9.17) is 4.74 Å². The molecule has 0 saturated carbocycles. The van der Waals surface area contributed by atoms with Gasteiger partial charge in [0.1, 0.15) is 12.8 Å². The summed E-state index contributed by atoms with van der Waals surface area (Å²) in [4.78, 5) is 35.8. The van der Waals surface area contributed by atoms with Crippen molar-refractivity contribution in [3.63, 3.8) is 0 Å². The first-order valence-corrected chi connectivity index (χ1v) is 6.44. The third-order valence-corrected chi connectivity index (χ3v) is 2.96. The van der Waals surface area contributed by atoms with E-state index >= 15 is 0 Å². The van der Waals surface area contributed by atoms with Gasteiger partial charge in [0.25, 0.3) is 0 Å². The Labute approximate surface area is 113 Å². The SMILES string of the molecule is CC(C)OC(=O)NCC(=O)N1CC(C)(C)C[C@H]1C=O. The molecule has 0 aromatic rings. The van der Waals surface area contributed by atoms with E-state index in [1.165, 1.54) is 4.90 Å². The zero-order chi connectivity index (χ0) is 14.6. The van der Waals surface area contributed by atoms with Gasteiger partial charge in [0.15, 0.2) is 0 Å². The Bertz CT molecular complexity index is 366. The minimum absolute atomic E-state index is 0.0698. The highest BCUT2D eigenvalue weighted by atomic mass is 16.6. The second-order valence-electron chi connectivity index (χ2n) is 5.90. The standard InChI is InChI=1S/C13H22N2O4/c1-9(2)19-12(18)14-6-11(17)15-8-13(3,4)5-10(15)7-16/h7,9-10H,5-6,8H2,1-4H3,(H,14,18)/t10-/m0/s1. The normalized spacial score (nSPS) is 21.3. The van der Waals surface area contributed by atoms with Crippen LogP contribution >= 0.6 is 0 Å². The zero-order valence-electron chi connectivity index (χ0n) is 11.9. The molecule has 1 aliphatic rings. The molecule has 1 rings (SSSR count). The summed E-state index contributed by atoms with van der Waals surface area (Å²) in [5, 5.41) is 2.39. The van der Waals surface area contributed by atoms with E-state index in [1.54, 1.807) is 13.8 Å².